The summed E-state index contributed by atoms with van der Waals surface area (Å²) in [5.41, 5.74) is 3.34. The van der Waals surface area contributed by atoms with Crippen LogP contribution >= 0.6 is 0 Å². The first-order chi connectivity index (χ1) is 11.1. The van der Waals surface area contributed by atoms with E-state index >= 15 is 0 Å². The van der Waals surface area contributed by atoms with Gasteiger partial charge in [0.15, 0.2) is 0 Å². The molecule has 23 heavy (non-hydrogen) atoms. The van der Waals surface area contributed by atoms with E-state index in [0.29, 0.717) is 17.9 Å². The molecule has 0 saturated heterocycles. The largest absolute Gasteiger partial charge is 0.444 e. The van der Waals surface area contributed by atoms with Crippen LogP contribution in [0.2, 0.25) is 0 Å². The van der Waals surface area contributed by atoms with Gasteiger partial charge in [0.25, 0.3) is 0 Å². The van der Waals surface area contributed by atoms with Crippen molar-refractivity contribution in [3.63, 3.8) is 0 Å². The quantitative estimate of drug-likeness (QED) is 0.619. The van der Waals surface area contributed by atoms with Gasteiger partial charge in [0.2, 0.25) is 5.89 Å². The Labute approximate surface area is 140 Å². The molecule has 1 aromatic heterocycles. The Morgan fingerprint density at radius 1 is 1.09 bits per heavy atom. The van der Waals surface area contributed by atoms with Crippen LogP contribution in [0.4, 0.5) is 0 Å². The number of rotatable bonds is 9. The van der Waals surface area contributed by atoms with Crippen molar-refractivity contribution in [2.75, 3.05) is 0 Å². The highest BCUT2D eigenvalue weighted by atomic mass is 16.3. The number of benzene rings is 1. The van der Waals surface area contributed by atoms with Gasteiger partial charge in [-0.25, -0.2) is 4.98 Å². The van der Waals surface area contributed by atoms with E-state index in [9.17, 15) is 0 Å². The first-order valence-electron chi connectivity index (χ1n) is 8.88. The summed E-state index contributed by atoms with van der Waals surface area (Å²) < 4.78 is 5.63. The summed E-state index contributed by atoms with van der Waals surface area (Å²) in [6, 6.07) is 9.00. The average Bonchev–Trinajstić information content (AvgIpc) is 3.02. The summed E-state index contributed by atoms with van der Waals surface area (Å²) >= 11 is 0. The van der Waals surface area contributed by atoms with Gasteiger partial charge in [-0.3, -0.25) is 0 Å². The minimum atomic E-state index is 0.520. The average molecular weight is 314 g/mol. The van der Waals surface area contributed by atoms with Gasteiger partial charge in [0.1, 0.15) is 6.26 Å². The fourth-order valence-corrected chi connectivity index (χ4v) is 2.61. The zero-order valence-electron chi connectivity index (χ0n) is 14.9. The predicted octanol–water partition coefficient (Wildman–Crippen LogP) is 5.52. The lowest BCUT2D eigenvalue weighted by atomic mass is 10.0. The third-order valence-electron chi connectivity index (χ3n) is 4.25. The van der Waals surface area contributed by atoms with Crippen LogP contribution in [-0.4, -0.2) is 11.0 Å². The Balaban J connectivity index is 1.87. The summed E-state index contributed by atoms with van der Waals surface area (Å²) in [6.45, 7) is 9.64. The van der Waals surface area contributed by atoms with Crippen LogP contribution in [0.15, 0.2) is 34.9 Å². The van der Waals surface area contributed by atoms with E-state index in [4.69, 9.17) is 4.42 Å². The first-order valence-corrected chi connectivity index (χ1v) is 8.88. The molecule has 0 spiro atoms. The number of oxazole rings is 1. The van der Waals surface area contributed by atoms with Crippen LogP contribution in [0.25, 0.3) is 11.5 Å². The summed E-state index contributed by atoms with van der Waals surface area (Å²) in [7, 11) is 0. The van der Waals surface area contributed by atoms with Crippen molar-refractivity contribution in [3.05, 3.63) is 41.8 Å². The second kappa shape index (κ2) is 8.88. The molecule has 0 aliphatic rings. The van der Waals surface area contributed by atoms with E-state index in [1.165, 1.54) is 31.2 Å². The van der Waals surface area contributed by atoms with Gasteiger partial charge < -0.3 is 9.73 Å². The van der Waals surface area contributed by atoms with Gasteiger partial charge in [-0.1, -0.05) is 52.2 Å². The topological polar surface area (TPSA) is 38.1 Å². The highest BCUT2D eigenvalue weighted by Gasteiger charge is 2.09. The fourth-order valence-electron chi connectivity index (χ4n) is 2.61. The molecule has 0 aliphatic carbocycles. The molecule has 0 bridgehead atoms. The van der Waals surface area contributed by atoms with E-state index in [1.54, 1.807) is 6.26 Å². The Hall–Kier alpha value is -1.61. The van der Waals surface area contributed by atoms with Crippen molar-refractivity contribution in [1.82, 2.24) is 10.3 Å². The number of hydrogen-bond acceptors (Lipinski definition) is 3. The van der Waals surface area contributed by atoms with Gasteiger partial charge in [-0.05, 0) is 37.0 Å². The Bertz CT molecular complexity index is 572. The van der Waals surface area contributed by atoms with E-state index in [1.807, 2.05) is 0 Å². The summed E-state index contributed by atoms with van der Waals surface area (Å²) in [5, 5.41) is 3.52. The van der Waals surface area contributed by atoms with Gasteiger partial charge in [-0.15, -0.1) is 0 Å². The molecule has 126 valence electrons. The number of hydrogen-bond donors (Lipinski definition) is 1. The van der Waals surface area contributed by atoms with Crippen molar-refractivity contribution < 1.29 is 4.42 Å². The molecule has 3 nitrogen and oxygen atoms in total. The van der Waals surface area contributed by atoms with Gasteiger partial charge in [0, 0.05) is 18.2 Å². The number of unbranched alkanes of at least 4 members (excludes halogenated alkanes) is 2. The summed E-state index contributed by atoms with van der Waals surface area (Å²) in [5.74, 6) is 1.25. The van der Waals surface area contributed by atoms with Crippen LogP contribution in [0.1, 0.15) is 70.6 Å². The van der Waals surface area contributed by atoms with Crippen LogP contribution < -0.4 is 5.32 Å². The van der Waals surface area contributed by atoms with E-state index in [-0.39, 0.29) is 0 Å². The van der Waals surface area contributed by atoms with Gasteiger partial charge >= 0.3 is 0 Å². The molecule has 2 rings (SSSR count). The molecule has 2 aromatic rings. The molecular formula is C20H30N2O. The molecule has 0 aliphatic heterocycles. The monoisotopic (exact) mass is 314 g/mol. The highest BCUT2D eigenvalue weighted by Crippen LogP contribution is 2.22. The van der Waals surface area contributed by atoms with E-state index < -0.39 is 0 Å². The Kier molecular flexibility index (Phi) is 6.85. The molecule has 0 saturated carbocycles. The smallest absolute Gasteiger partial charge is 0.226 e. The minimum absolute atomic E-state index is 0.520. The van der Waals surface area contributed by atoms with E-state index in [2.05, 4.69) is 62.3 Å². The van der Waals surface area contributed by atoms with Gasteiger partial charge in [0.05, 0.1) is 5.69 Å². The van der Waals surface area contributed by atoms with E-state index in [0.717, 1.165) is 17.8 Å². The molecule has 0 amide bonds. The van der Waals surface area contributed by atoms with Crippen molar-refractivity contribution in [3.8, 4) is 11.5 Å². The molecule has 1 atom stereocenters. The van der Waals surface area contributed by atoms with Crippen LogP contribution in [-0.2, 0) is 6.54 Å². The molecule has 1 N–H and O–H groups in total. The second-order valence-electron chi connectivity index (χ2n) is 6.70. The zero-order chi connectivity index (χ0) is 16.7. The first kappa shape index (κ1) is 17.7. The zero-order valence-corrected chi connectivity index (χ0v) is 14.9. The molecule has 0 radical (unpaired) electrons. The van der Waals surface area contributed by atoms with Crippen molar-refractivity contribution in [2.24, 2.45) is 0 Å². The standard InChI is InChI=1S/C20H30N2O/c1-5-6-7-8-16(4)21-13-19-14-23-20(22-19)18-11-9-17(10-12-18)15(2)3/h9-12,14-16,21H,5-8,13H2,1-4H3. The molecule has 1 unspecified atom stereocenters. The van der Waals surface area contributed by atoms with Crippen molar-refractivity contribution in [2.45, 2.75) is 71.9 Å². The predicted molar refractivity (Wildman–Crippen MR) is 96.5 cm³/mol. The maximum absolute atomic E-state index is 5.63. The maximum Gasteiger partial charge on any atom is 0.226 e. The minimum Gasteiger partial charge on any atom is -0.444 e. The molecule has 1 aromatic carbocycles. The number of nitrogens with one attached hydrogen (secondary N) is 1. The third kappa shape index (κ3) is 5.51. The molecule has 1 heterocycles. The highest BCUT2D eigenvalue weighted by molar-refractivity contribution is 5.53. The second-order valence-corrected chi connectivity index (χ2v) is 6.70. The molecule has 3 heteroatoms. The molecule has 0 fully saturated rings. The number of aromatic nitrogens is 1. The number of nitrogens with zero attached hydrogens (tertiary/aromatic N) is 1. The van der Waals surface area contributed by atoms with Gasteiger partial charge in [-0.2, -0.15) is 0 Å². The normalized spacial score (nSPS) is 12.7. The molecular weight excluding hydrogens is 284 g/mol. The lowest BCUT2D eigenvalue weighted by Crippen LogP contribution is -2.25. The van der Waals surface area contributed by atoms with Crippen LogP contribution in [0.5, 0.6) is 0 Å². The lowest BCUT2D eigenvalue weighted by Gasteiger charge is -2.11. The third-order valence-corrected chi connectivity index (χ3v) is 4.25. The summed E-state index contributed by atoms with van der Waals surface area (Å²) in [6.07, 6.45) is 6.85. The van der Waals surface area contributed by atoms with Crippen LogP contribution in [0.3, 0.4) is 0 Å². The fraction of sp³-hybridized carbons (Fsp3) is 0.550. The lowest BCUT2D eigenvalue weighted by molar-refractivity contribution is 0.483. The summed E-state index contributed by atoms with van der Waals surface area (Å²) in [4.78, 5) is 4.59. The van der Waals surface area contributed by atoms with Crippen molar-refractivity contribution in [1.29, 1.82) is 0 Å². The maximum atomic E-state index is 5.63. The van der Waals surface area contributed by atoms with Crippen molar-refractivity contribution >= 4 is 0 Å². The Morgan fingerprint density at radius 3 is 2.48 bits per heavy atom. The Morgan fingerprint density at radius 2 is 1.83 bits per heavy atom. The van der Waals surface area contributed by atoms with Crippen LogP contribution in [0, 0.1) is 0 Å². The SMILES string of the molecule is CCCCCC(C)NCc1coc(-c2ccc(C(C)C)cc2)n1.